The number of aromatic nitrogens is 3. The number of amides is 1. The lowest BCUT2D eigenvalue weighted by Gasteiger charge is -2.34. The molecule has 1 aliphatic rings. The number of ether oxygens (including phenoxy) is 1. The molecule has 3 atom stereocenters. The number of rotatable bonds is 11. The normalized spacial score (nSPS) is 19.1. The highest BCUT2D eigenvalue weighted by Crippen LogP contribution is 2.27. The van der Waals surface area contributed by atoms with E-state index in [2.05, 4.69) is 44.0 Å². The van der Waals surface area contributed by atoms with Crippen LogP contribution >= 0.6 is 11.8 Å². The number of sulfonamides is 1. The van der Waals surface area contributed by atoms with E-state index >= 15 is 0 Å². The molecule has 0 unspecified atom stereocenters. The second-order valence-electron chi connectivity index (χ2n) is 10.2. The summed E-state index contributed by atoms with van der Waals surface area (Å²) in [5.41, 5.74) is 1.65. The highest BCUT2D eigenvalue weighted by atomic mass is 32.2. The topological polar surface area (TPSA) is 110 Å². The Bertz CT molecular complexity index is 1370. The zero-order valence-electron chi connectivity index (χ0n) is 23.6. The molecule has 0 spiro atoms. The van der Waals surface area contributed by atoms with Crippen LogP contribution in [0.5, 0.6) is 0 Å². The van der Waals surface area contributed by atoms with E-state index in [0.717, 1.165) is 17.8 Å². The summed E-state index contributed by atoms with van der Waals surface area (Å²) in [7, 11) is 0.396. The Morgan fingerprint density at radius 1 is 1.07 bits per heavy atom. The van der Waals surface area contributed by atoms with Crippen LogP contribution in [0.25, 0.3) is 0 Å². The molecule has 0 radical (unpaired) electrons. The number of hydrogen-bond donors (Lipinski definition) is 1. The molecule has 1 aromatic heterocycles. The van der Waals surface area contributed by atoms with Crippen molar-refractivity contribution in [2.24, 2.45) is 0 Å². The van der Waals surface area contributed by atoms with Crippen LogP contribution in [0.1, 0.15) is 44.6 Å². The van der Waals surface area contributed by atoms with Crippen molar-refractivity contribution in [3.8, 4) is 0 Å². The highest BCUT2D eigenvalue weighted by Gasteiger charge is 2.32. The molecule has 1 aliphatic heterocycles. The van der Waals surface area contributed by atoms with Gasteiger partial charge in [0, 0.05) is 18.8 Å². The number of nitrogens with zero attached hydrogens (tertiary/aromatic N) is 5. The van der Waals surface area contributed by atoms with E-state index in [1.165, 1.54) is 28.2 Å². The first-order valence-corrected chi connectivity index (χ1v) is 15.8. The Morgan fingerprint density at radius 2 is 1.73 bits per heavy atom. The second kappa shape index (κ2) is 13.3. The average Bonchev–Trinajstić information content (AvgIpc) is 3.29. The van der Waals surface area contributed by atoms with Gasteiger partial charge in [0.1, 0.15) is 0 Å². The van der Waals surface area contributed by atoms with Crippen molar-refractivity contribution in [1.82, 2.24) is 24.0 Å². The van der Waals surface area contributed by atoms with Crippen molar-refractivity contribution in [3.63, 3.8) is 0 Å². The lowest BCUT2D eigenvalue weighted by Crippen LogP contribution is -2.48. The van der Waals surface area contributed by atoms with Crippen molar-refractivity contribution < 1.29 is 17.9 Å². The van der Waals surface area contributed by atoms with Gasteiger partial charge in [-0.05, 0) is 64.2 Å². The van der Waals surface area contributed by atoms with E-state index in [9.17, 15) is 13.2 Å². The summed E-state index contributed by atoms with van der Waals surface area (Å²) in [6, 6.07) is 16.5. The van der Waals surface area contributed by atoms with E-state index < -0.39 is 10.0 Å². The molecular formula is C28H38N6O4S2. The molecule has 0 bridgehead atoms. The highest BCUT2D eigenvalue weighted by molar-refractivity contribution is 7.99. The Balaban J connectivity index is 1.42. The van der Waals surface area contributed by atoms with Gasteiger partial charge in [-0.1, -0.05) is 49.0 Å². The number of benzene rings is 2. The molecule has 216 valence electrons. The lowest BCUT2D eigenvalue weighted by atomic mass is 10.2. The predicted molar refractivity (Wildman–Crippen MR) is 157 cm³/mol. The summed E-state index contributed by atoms with van der Waals surface area (Å²) < 4.78 is 35.4. The monoisotopic (exact) mass is 586 g/mol. The largest absolute Gasteiger partial charge is 0.373 e. The molecule has 2 aromatic carbocycles. The predicted octanol–water partition coefficient (Wildman–Crippen LogP) is 3.87. The van der Waals surface area contributed by atoms with Gasteiger partial charge in [-0.2, -0.15) is 4.31 Å². The van der Waals surface area contributed by atoms with Crippen LogP contribution in [-0.2, 0) is 26.1 Å². The minimum Gasteiger partial charge on any atom is -0.373 e. The second-order valence-corrected chi connectivity index (χ2v) is 13.1. The van der Waals surface area contributed by atoms with Crippen LogP contribution in [0.3, 0.4) is 0 Å². The number of hydrogen-bond acceptors (Lipinski definition) is 8. The fourth-order valence-electron chi connectivity index (χ4n) is 4.86. The molecule has 12 heteroatoms. The van der Waals surface area contributed by atoms with Gasteiger partial charge in [-0.25, -0.2) is 8.42 Å². The third-order valence-electron chi connectivity index (χ3n) is 6.73. The Hall–Kier alpha value is -2.77. The fourth-order valence-corrected chi connectivity index (χ4v) is 7.20. The molecule has 0 saturated carbocycles. The first-order valence-electron chi connectivity index (χ1n) is 13.4. The number of morpholine rings is 1. The molecule has 40 heavy (non-hydrogen) atoms. The fraction of sp³-hybridized carbons (Fsp3) is 0.464. The number of carbonyl (C=O) groups is 1. The van der Waals surface area contributed by atoms with Crippen LogP contribution < -0.4 is 5.32 Å². The van der Waals surface area contributed by atoms with Crippen molar-refractivity contribution in [2.75, 3.05) is 38.3 Å². The molecule has 1 saturated heterocycles. The van der Waals surface area contributed by atoms with Crippen molar-refractivity contribution in [1.29, 1.82) is 0 Å². The SMILES string of the molecule is CC[C@H](c1nnc(SCC(=O)Nc2ccc(S(=O)(=O)N3C[C@@H](C)O[C@H](C)C3)cc2)n1Cc1ccccc1)N(C)C. The summed E-state index contributed by atoms with van der Waals surface area (Å²) in [6.45, 7) is 7.08. The van der Waals surface area contributed by atoms with E-state index in [4.69, 9.17) is 4.74 Å². The van der Waals surface area contributed by atoms with E-state index in [1.54, 1.807) is 12.1 Å². The molecular weight excluding hydrogens is 548 g/mol. The summed E-state index contributed by atoms with van der Waals surface area (Å²) in [6.07, 6.45) is 0.542. The summed E-state index contributed by atoms with van der Waals surface area (Å²) in [4.78, 5) is 15.1. The van der Waals surface area contributed by atoms with Gasteiger partial charge in [0.2, 0.25) is 15.9 Å². The molecule has 1 N–H and O–H groups in total. The average molecular weight is 587 g/mol. The van der Waals surface area contributed by atoms with Crippen LogP contribution in [0, 0.1) is 0 Å². The number of nitrogens with one attached hydrogen (secondary N) is 1. The third kappa shape index (κ3) is 7.29. The standard InChI is InChI=1S/C28H38N6O4S2/c1-6-25(32(4)5)27-30-31-28(34(27)18-22-10-8-7-9-11-22)39-19-26(35)29-23-12-14-24(15-13-23)40(36,37)33-16-20(2)38-21(3)17-33/h7-15,20-21,25H,6,16-19H2,1-5H3,(H,29,35)/t20-,21-,25-/m1/s1. The van der Waals surface area contributed by atoms with Gasteiger partial charge in [0.15, 0.2) is 11.0 Å². The van der Waals surface area contributed by atoms with E-state index in [1.807, 2.05) is 46.1 Å². The molecule has 3 aromatic rings. The van der Waals surface area contributed by atoms with Crippen LogP contribution in [0.15, 0.2) is 64.6 Å². The zero-order chi connectivity index (χ0) is 28.9. The molecule has 1 fully saturated rings. The van der Waals surface area contributed by atoms with E-state index in [-0.39, 0.29) is 34.8 Å². The van der Waals surface area contributed by atoms with Crippen LogP contribution in [-0.4, -0.2) is 83.4 Å². The maximum atomic E-state index is 13.1. The van der Waals surface area contributed by atoms with Crippen molar-refractivity contribution >= 4 is 33.4 Å². The number of anilines is 1. The van der Waals surface area contributed by atoms with Gasteiger partial charge >= 0.3 is 0 Å². The Kier molecular flexibility index (Phi) is 10.0. The Morgan fingerprint density at radius 3 is 2.33 bits per heavy atom. The molecule has 1 amide bonds. The maximum Gasteiger partial charge on any atom is 0.243 e. The molecule has 0 aliphatic carbocycles. The molecule has 4 rings (SSSR count). The van der Waals surface area contributed by atoms with Gasteiger partial charge in [0.05, 0.1) is 35.4 Å². The molecule has 10 nitrogen and oxygen atoms in total. The number of thioether (sulfide) groups is 1. The lowest BCUT2D eigenvalue weighted by molar-refractivity contribution is -0.113. The van der Waals surface area contributed by atoms with Crippen LogP contribution in [0.4, 0.5) is 5.69 Å². The van der Waals surface area contributed by atoms with Gasteiger partial charge in [0.25, 0.3) is 0 Å². The first-order chi connectivity index (χ1) is 19.1. The van der Waals surface area contributed by atoms with Crippen molar-refractivity contribution in [2.45, 2.75) is 62.0 Å². The minimum absolute atomic E-state index is 0.0954. The van der Waals surface area contributed by atoms with Crippen molar-refractivity contribution in [3.05, 3.63) is 66.0 Å². The summed E-state index contributed by atoms with van der Waals surface area (Å²) in [5.74, 6) is 0.780. The Labute approximate surface area is 241 Å². The zero-order valence-corrected chi connectivity index (χ0v) is 25.3. The van der Waals surface area contributed by atoms with E-state index in [0.29, 0.717) is 30.5 Å². The summed E-state index contributed by atoms with van der Waals surface area (Å²) in [5, 5.41) is 12.5. The first kappa shape index (κ1) is 30.2. The van der Waals surface area contributed by atoms with Gasteiger partial charge in [-0.15, -0.1) is 10.2 Å². The third-order valence-corrected chi connectivity index (χ3v) is 9.54. The van der Waals surface area contributed by atoms with Gasteiger partial charge < -0.3 is 14.6 Å². The number of carbonyl (C=O) groups excluding carboxylic acids is 1. The maximum absolute atomic E-state index is 13.1. The molecule has 2 heterocycles. The quantitative estimate of drug-likeness (QED) is 0.338. The minimum atomic E-state index is -3.65. The van der Waals surface area contributed by atoms with Crippen LogP contribution in [0.2, 0.25) is 0 Å². The van der Waals surface area contributed by atoms with Gasteiger partial charge in [-0.3, -0.25) is 9.69 Å². The smallest absolute Gasteiger partial charge is 0.243 e. The summed E-state index contributed by atoms with van der Waals surface area (Å²) >= 11 is 1.33.